The number of nitrogens with zero attached hydrogens (tertiary/aromatic N) is 1. The van der Waals surface area contributed by atoms with Crippen molar-refractivity contribution >= 4 is 58.8 Å². The molecule has 0 fully saturated rings. The zero-order valence-corrected chi connectivity index (χ0v) is 27.2. The molecule has 0 saturated heterocycles. The Labute approximate surface area is 275 Å². The van der Waals surface area contributed by atoms with Crippen LogP contribution >= 0.6 is 0 Å². The highest BCUT2D eigenvalue weighted by Crippen LogP contribution is 2.16. The van der Waals surface area contributed by atoms with Crippen LogP contribution in [0.5, 0.6) is 0 Å². The molecular weight excluding hydrogens is 638 g/mol. The van der Waals surface area contributed by atoms with E-state index in [9.17, 15) is 58.7 Å². The number of benzene rings is 1. The Kier molecular flexibility index (Phi) is 15.6. The molecule has 19 heteroatoms. The summed E-state index contributed by atoms with van der Waals surface area (Å²) in [7, 11) is 0. The van der Waals surface area contributed by atoms with Crippen LogP contribution in [0.1, 0.15) is 54.4 Å². The number of nitro groups is 1. The van der Waals surface area contributed by atoms with E-state index < -0.39 is 107 Å². The monoisotopic (exact) mass is 679 g/mol. The Morgan fingerprint density at radius 1 is 0.646 bits per heavy atom. The fourth-order valence-electron chi connectivity index (χ4n) is 4.13. The number of carboxylic acids is 2. The molecule has 5 atom stereocenters. The van der Waals surface area contributed by atoms with Crippen molar-refractivity contribution in [2.45, 2.75) is 84.6 Å². The molecule has 8 N–H and O–H groups in total. The van der Waals surface area contributed by atoms with Crippen molar-refractivity contribution in [1.82, 2.24) is 26.6 Å². The SMILES string of the molecule is CC(=O)N[C@H](C(=O)N[C@@H](CC(=O)O)C(=O)N[C@H](C(=O)N[C@@H](C)C(=O)N[C@@H](CC(=O)O)C(=O)Nc1ccc([N+](=O)[O-])cc1)C(C)C)C(C)C. The van der Waals surface area contributed by atoms with Gasteiger partial charge in [-0.3, -0.25) is 48.5 Å². The molecule has 0 bridgehead atoms. The molecule has 0 spiro atoms. The van der Waals surface area contributed by atoms with Crippen LogP contribution in [0.3, 0.4) is 0 Å². The highest BCUT2D eigenvalue weighted by molar-refractivity contribution is 6.01. The fraction of sp³-hybridized carbons (Fsp3) is 0.517. The molecule has 1 aromatic rings. The lowest BCUT2D eigenvalue weighted by molar-refractivity contribution is -0.384. The molecule has 1 aromatic carbocycles. The number of aliphatic carboxylic acids is 2. The van der Waals surface area contributed by atoms with Crippen LogP contribution < -0.4 is 31.9 Å². The lowest BCUT2D eigenvalue weighted by Crippen LogP contribution is -2.60. The lowest BCUT2D eigenvalue weighted by Gasteiger charge is -2.28. The van der Waals surface area contributed by atoms with E-state index in [0.717, 1.165) is 12.1 Å². The number of amides is 6. The molecular formula is C29H41N7O12. The number of nitro benzene ring substituents is 1. The van der Waals surface area contributed by atoms with Gasteiger partial charge in [0.1, 0.15) is 30.2 Å². The zero-order chi connectivity index (χ0) is 36.9. The van der Waals surface area contributed by atoms with Crippen LogP contribution in [0.2, 0.25) is 0 Å². The van der Waals surface area contributed by atoms with Gasteiger partial charge in [0, 0.05) is 24.7 Å². The molecule has 0 aliphatic rings. The predicted molar refractivity (Wildman–Crippen MR) is 167 cm³/mol. The number of carbonyl (C=O) groups is 8. The first-order valence-corrected chi connectivity index (χ1v) is 14.7. The van der Waals surface area contributed by atoms with Gasteiger partial charge in [-0.15, -0.1) is 0 Å². The van der Waals surface area contributed by atoms with Gasteiger partial charge in [-0.2, -0.15) is 0 Å². The number of rotatable bonds is 18. The Morgan fingerprint density at radius 2 is 1.08 bits per heavy atom. The number of hydrogen-bond acceptors (Lipinski definition) is 10. The molecule has 264 valence electrons. The maximum atomic E-state index is 13.2. The lowest BCUT2D eigenvalue weighted by atomic mass is 10.0. The van der Waals surface area contributed by atoms with E-state index in [-0.39, 0.29) is 11.4 Å². The van der Waals surface area contributed by atoms with Gasteiger partial charge in [0.05, 0.1) is 17.8 Å². The largest absolute Gasteiger partial charge is 0.481 e. The van der Waals surface area contributed by atoms with Crippen molar-refractivity contribution < 1.29 is 53.5 Å². The van der Waals surface area contributed by atoms with E-state index >= 15 is 0 Å². The molecule has 0 radical (unpaired) electrons. The minimum Gasteiger partial charge on any atom is -0.481 e. The van der Waals surface area contributed by atoms with Crippen molar-refractivity contribution in [1.29, 1.82) is 0 Å². The average molecular weight is 680 g/mol. The molecule has 48 heavy (non-hydrogen) atoms. The van der Waals surface area contributed by atoms with E-state index in [1.165, 1.54) is 39.8 Å². The summed E-state index contributed by atoms with van der Waals surface area (Å²) in [4.78, 5) is 109. The summed E-state index contributed by atoms with van der Waals surface area (Å²) in [6.45, 7) is 8.73. The molecule has 19 nitrogen and oxygen atoms in total. The number of carbonyl (C=O) groups excluding carboxylic acids is 6. The maximum absolute atomic E-state index is 13.2. The average Bonchev–Trinajstić information content (AvgIpc) is 2.96. The van der Waals surface area contributed by atoms with Crippen molar-refractivity contribution in [2.24, 2.45) is 11.8 Å². The van der Waals surface area contributed by atoms with Gasteiger partial charge in [-0.25, -0.2) is 0 Å². The summed E-state index contributed by atoms with van der Waals surface area (Å²) in [5.41, 5.74) is -0.174. The van der Waals surface area contributed by atoms with Crippen LogP contribution in [-0.2, 0) is 38.4 Å². The van der Waals surface area contributed by atoms with Crippen LogP contribution in [0.25, 0.3) is 0 Å². The normalized spacial score (nSPS) is 13.9. The minimum atomic E-state index is -1.65. The summed E-state index contributed by atoms with van der Waals surface area (Å²) in [6, 6.07) is -2.47. The third-order valence-corrected chi connectivity index (χ3v) is 6.68. The van der Waals surface area contributed by atoms with Crippen LogP contribution in [0, 0.1) is 22.0 Å². The first-order chi connectivity index (χ1) is 22.2. The Balaban J connectivity index is 3.03. The topological polar surface area (TPSA) is 292 Å². The van der Waals surface area contributed by atoms with E-state index in [1.54, 1.807) is 13.8 Å². The van der Waals surface area contributed by atoms with Gasteiger partial charge in [-0.05, 0) is 30.9 Å². The summed E-state index contributed by atoms with van der Waals surface area (Å²) >= 11 is 0. The second-order valence-corrected chi connectivity index (χ2v) is 11.5. The van der Waals surface area contributed by atoms with Crippen LogP contribution in [0.4, 0.5) is 11.4 Å². The third-order valence-electron chi connectivity index (χ3n) is 6.68. The highest BCUT2D eigenvalue weighted by atomic mass is 16.6. The number of carboxylic acid groups (broad SMARTS) is 2. The first kappa shape index (κ1) is 40.4. The second kappa shape index (κ2) is 18.5. The molecule has 0 aliphatic heterocycles. The summed E-state index contributed by atoms with van der Waals surface area (Å²) < 4.78 is 0. The number of hydrogen-bond donors (Lipinski definition) is 8. The Morgan fingerprint density at radius 3 is 1.52 bits per heavy atom. The zero-order valence-electron chi connectivity index (χ0n) is 27.2. The molecule has 6 amide bonds. The van der Waals surface area contributed by atoms with Crippen LogP contribution in [-0.4, -0.2) is 92.7 Å². The van der Waals surface area contributed by atoms with Crippen molar-refractivity contribution in [3.05, 3.63) is 34.4 Å². The second-order valence-electron chi connectivity index (χ2n) is 11.5. The van der Waals surface area contributed by atoms with Crippen molar-refractivity contribution in [3.63, 3.8) is 0 Å². The quantitative estimate of drug-likeness (QED) is 0.0703. The van der Waals surface area contributed by atoms with Gasteiger partial charge >= 0.3 is 11.9 Å². The molecule has 0 aromatic heterocycles. The van der Waals surface area contributed by atoms with Gasteiger partial charge in [-0.1, -0.05) is 27.7 Å². The Bertz CT molecular complexity index is 1400. The van der Waals surface area contributed by atoms with Gasteiger partial charge in [0.2, 0.25) is 35.4 Å². The van der Waals surface area contributed by atoms with Gasteiger partial charge in [0.15, 0.2) is 0 Å². The highest BCUT2D eigenvalue weighted by Gasteiger charge is 2.34. The fourth-order valence-corrected chi connectivity index (χ4v) is 4.13. The van der Waals surface area contributed by atoms with E-state index in [1.807, 2.05) is 0 Å². The maximum Gasteiger partial charge on any atom is 0.305 e. The summed E-state index contributed by atoms with van der Waals surface area (Å²) in [5, 5.41) is 43.4. The van der Waals surface area contributed by atoms with Crippen molar-refractivity contribution in [3.8, 4) is 0 Å². The number of anilines is 1. The van der Waals surface area contributed by atoms with Gasteiger partial charge < -0.3 is 42.1 Å². The minimum absolute atomic E-state index is 0.0827. The Hall–Kier alpha value is -5.62. The van der Waals surface area contributed by atoms with Gasteiger partial charge in [0.25, 0.3) is 5.69 Å². The standard InChI is InChI=1S/C29H41N7O12/c1-13(2)23(31-16(6)37)29(46)34-20(12-22(40)41)27(44)35-24(14(3)4)28(45)30-15(5)25(42)33-19(11-21(38)39)26(43)32-17-7-9-18(10-8-17)36(47)48/h7-10,13-15,19-20,23-24H,11-12H2,1-6H3,(H,30,45)(H,31,37)(H,32,43)(H,33,42)(H,34,46)(H,35,44)(H,38,39)(H,40,41)/t15-,19-,20-,23-,24-/m0/s1. The molecule has 0 unspecified atom stereocenters. The number of nitrogens with one attached hydrogen (secondary N) is 6. The molecule has 1 rings (SSSR count). The first-order valence-electron chi connectivity index (χ1n) is 14.7. The van der Waals surface area contributed by atoms with Crippen LogP contribution in [0.15, 0.2) is 24.3 Å². The number of non-ortho nitro benzene ring substituents is 1. The van der Waals surface area contributed by atoms with E-state index in [2.05, 4.69) is 31.9 Å². The smallest absolute Gasteiger partial charge is 0.305 e. The predicted octanol–water partition coefficient (Wildman–Crippen LogP) is -0.741. The third kappa shape index (κ3) is 13.4. The molecule has 0 saturated carbocycles. The van der Waals surface area contributed by atoms with E-state index in [4.69, 9.17) is 0 Å². The van der Waals surface area contributed by atoms with E-state index in [0.29, 0.717) is 0 Å². The summed E-state index contributed by atoms with van der Waals surface area (Å²) in [6.07, 6.45) is -1.72. The molecule has 0 aliphatic carbocycles. The van der Waals surface area contributed by atoms with Crippen molar-refractivity contribution in [2.75, 3.05) is 5.32 Å². The summed E-state index contributed by atoms with van der Waals surface area (Å²) in [5.74, 6) is -9.17. The molecule has 0 heterocycles.